The number of rotatable bonds is 2. The SMILES string of the molecule is NCc1nccc(-c2ccc(F)cc2F)n1. The maximum absolute atomic E-state index is 13.4. The third-order valence-electron chi connectivity index (χ3n) is 2.10. The fourth-order valence-electron chi connectivity index (χ4n) is 1.34. The van der Waals surface area contributed by atoms with Crippen LogP contribution in [0, 0.1) is 11.6 Å². The molecular weight excluding hydrogens is 212 g/mol. The minimum atomic E-state index is -0.651. The lowest BCUT2D eigenvalue weighted by atomic mass is 10.1. The molecule has 0 aliphatic rings. The van der Waals surface area contributed by atoms with Crippen LogP contribution in [0.4, 0.5) is 8.78 Å². The summed E-state index contributed by atoms with van der Waals surface area (Å²) in [7, 11) is 0. The van der Waals surface area contributed by atoms with Crippen LogP contribution in [0.5, 0.6) is 0 Å². The summed E-state index contributed by atoms with van der Waals surface area (Å²) in [5, 5.41) is 0. The van der Waals surface area contributed by atoms with Gasteiger partial charge in [0.1, 0.15) is 17.5 Å². The van der Waals surface area contributed by atoms with Gasteiger partial charge in [-0.25, -0.2) is 18.7 Å². The predicted molar refractivity (Wildman–Crippen MR) is 55.3 cm³/mol. The van der Waals surface area contributed by atoms with Gasteiger partial charge in [-0.2, -0.15) is 0 Å². The van der Waals surface area contributed by atoms with Crippen molar-refractivity contribution >= 4 is 0 Å². The second-order valence-electron chi connectivity index (χ2n) is 3.19. The third-order valence-corrected chi connectivity index (χ3v) is 2.10. The Kier molecular flexibility index (Phi) is 2.87. The molecule has 0 aliphatic carbocycles. The number of aromatic nitrogens is 2. The first-order chi connectivity index (χ1) is 7.70. The molecule has 1 aromatic heterocycles. The molecular formula is C11H9F2N3. The summed E-state index contributed by atoms with van der Waals surface area (Å²) in [5.74, 6) is -0.850. The van der Waals surface area contributed by atoms with E-state index in [1.807, 2.05) is 0 Å². The zero-order valence-electron chi connectivity index (χ0n) is 8.32. The van der Waals surface area contributed by atoms with Gasteiger partial charge in [-0.15, -0.1) is 0 Å². The molecule has 2 rings (SSSR count). The van der Waals surface area contributed by atoms with Crippen molar-refractivity contribution < 1.29 is 8.78 Å². The first-order valence-electron chi connectivity index (χ1n) is 4.68. The Morgan fingerprint density at radius 3 is 2.69 bits per heavy atom. The van der Waals surface area contributed by atoms with E-state index in [-0.39, 0.29) is 12.1 Å². The summed E-state index contributed by atoms with van der Waals surface area (Å²) in [6, 6.07) is 4.89. The molecule has 16 heavy (non-hydrogen) atoms. The Balaban J connectivity index is 2.49. The highest BCUT2D eigenvalue weighted by molar-refractivity contribution is 5.59. The summed E-state index contributed by atoms with van der Waals surface area (Å²) in [6.07, 6.45) is 1.49. The van der Waals surface area contributed by atoms with Crippen LogP contribution in [0.1, 0.15) is 5.82 Å². The first kappa shape index (κ1) is 10.6. The average molecular weight is 221 g/mol. The van der Waals surface area contributed by atoms with Gasteiger partial charge in [0.25, 0.3) is 0 Å². The maximum Gasteiger partial charge on any atom is 0.142 e. The van der Waals surface area contributed by atoms with Crippen LogP contribution >= 0.6 is 0 Å². The van der Waals surface area contributed by atoms with Crippen molar-refractivity contribution in [2.75, 3.05) is 0 Å². The second kappa shape index (κ2) is 4.32. The van der Waals surface area contributed by atoms with Gasteiger partial charge < -0.3 is 5.73 Å². The molecule has 0 saturated carbocycles. The standard InChI is InChI=1S/C11H9F2N3/c12-7-1-2-8(9(13)5-7)10-3-4-15-11(6-14)16-10/h1-5H,6,14H2. The van der Waals surface area contributed by atoms with Gasteiger partial charge in [-0.1, -0.05) is 0 Å². The number of hydrogen-bond donors (Lipinski definition) is 1. The normalized spacial score (nSPS) is 10.4. The predicted octanol–water partition coefficient (Wildman–Crippen LogP) is 1.88. The second-order valence-corrected chi connectivity index (χ2v) is 3.19. The van der Waals surface area contributed by atoms with Gasteiger partial charge >= 0.3 is 0 Å². The van der Waals surface area contributed by atoms with E-state index in [0.29, 0.717) is 11.5 Å². The molecule has 82 valence electrons. The average Bonchev–Trinajstić information content (AvgIpc) is 2.29. The van der Waals surface area contributed by atoms with Crippen molar-refractivity contribution in [3.63, 3.8) is 0 Å². The minimum absolute atomic E-state index is 0.177. The Bertz CT molecular complexity index is 514. The lowest BCUT2D eigenvalue weighted by Gasteiger charge is -2.03. The van der Waals surface area contributed by atoms with Gasteiger partial charge in [-0.05, 0) is 18.2 Å². The molecule has 0 atom stereocenters. The largest absolute Gasteiger partial charge is 0.324 e. The van der Waals surface area contributed by atoms with Crippen molar-refractivity contribution in [1.82, 2.24) is 9.97 Å². The molecule has 1 heterocycles. The molecule has 2 N–H and O–H groups in total. The van der Waals surface area contributed by atoms with Crippen LogP contribution in [-0.4, -0.2) is 9.97 Å². The van der Waals surface area contributed by atoms with E-state index < -0.39 is 11.6 Å². The molecule has 0 aliphatic heterocycles. The van der Waals surface area contributed by atoms with Gasteiger partial charge in [0.2, 0.25) is 0 Å². The quantitative estimate of drug-likeness (QED) is 0.842. The van der Waals surface area contributed by atoms with Gasteiger partial charge in [0.15, 0.2) is 0 Å². The zero-order valence-corrected chi connectivity index (χ0v) is 8.32. The molecule has 0 fully saturated rings. The van der Waals surface area contributed by atoms with E-state index in [1.54, 1.807) is 6.07 Å². The number of nitrogens with zero attached hydrogens (tertiary/aromatic N) is 2. The fraction of sp³-hybridized carbons (Fsp3) is 0.0909. The number of hydrogen-bond acceptors (Lipinski definition) is 3. The summed E-state index contributed by atoms with van der Waals surface area (Å²) >= 11 is 0. The Morgan fingerprint density at radius 1 is 1.19 bits per heavy atom. The smallest absolute Gasteiger partial charge is 0.142 e. The van der Waals surface area contributed by atoms with Gasteiger partial charge in [-0.3, -0.25) is 0 Å². The van der Waals surface area contributed by atoms with Crippen LogP contribution in [-0.2, 0) is 6.54 Å². The van der Waals surface area contributed by atoms with Gasteiger partial charge in [0.05, 0.1) is 12.2 Å². The van der Waals surface area contributed by atoms with E-state index in [4.69, 9.17) is 5.73 Å². The van der Waals surface area contributed by atoms with E-state index in [0.717, 1.165) is 6.07 Å². The molecule has 0 spiro atoms. The highest BCUT2D eigenvalue weighted by atomic mass is 19.1. The van der Waals surface area contributed by atoms with Crippen molar-refractivity contribution in [3.05, 3.63) is 47.9 Å². The van der Waals surface area contributed by atoms with Crippen LogP contribution in [0.15, 0.2) is 30.5 Å². The lowest BCUT2D eigenvalue weighted by Crippen LogP contribution is -2.03. The Morgan fingerprint density at radius 2 is 2.00 bits per heavy atom. The molecule has 0 unspecified atom stereocenters. The first-order valence-corrected chi connectivity index (χ1v) is 4.68. The van der Waals surface area contributed by atoms with E-state index >= 15 is 0 Å². The van der Waals surface area contributed by atoms with E-state index in [1.165, 1.54) is 18.3 Å². The van der Waals surface area contributed by atoms with Crippen molar-refractivity contribution in [2.45, 2.75) is 6.54 Å². The lowest BCUT2D eigenvalue weighted by molar-refractivity contribution is 0.585. The van der Waals surface area contributed by atoms with Crippen LogP contribution in [0.2, 0.25) is 0 Å². The van der Waals surface area contributed by atoms with Crippen LogP contribution < -0.4 is 5.73 Å². The molecule has 0 amide bonds. The van der Waals surface area contributed by atoms with Crippen LogP contribution in [0.25, 0.3) is 11.3 Å². The zero-order chi connectivity index (χ0) is 11.5. The van der Waals surface area contributed by atoms with Crippen molar-refractivity contribution in [3.8, 4) is 11.3 Å². The minimum Gasteiger partial charge on any atom is -0.324 e. The number of nitrogens with two attached hydrogens (primary N) is 1. The topological polar surface area (TPSA) is 51.8 Å². The maximum atomic E-state index is 13.4. The highest BCUT2D eigenvalue weighted by Crippen LogP contribution is 2.20. The molecule has 0 saturated heterocycles. The number of halogens is 2. The molecule has 0 radical (unpaired) electrons. The summed E-state index contributed by atoms with van der Waals surface area (Å²) in [6.45, 7) is 0.177. The monoisotopic (exact) mass is 221 g/mol. The van der Waals surface area contributed by atoms with E-state index in [9.17, 15) is 8.78 Å². The van der Waals surface area contributed by atoms with Gasteiger partial charge in [0, 0.05) is 17.8 Å². The number of benzene rings is 1. The Hall–Kier alpha value is -1.88. The molecule has 1 aromatic carbocycles. The summed E-state index contributed by atoms with van der Waals surface area (Å²) in [4.78, 5) is 7.95. The van der Waals surface area contributed by atoms with Crippen molar-refractivity contribution in [2.24, 2.45) is 5.73 Å². The van der Waals surface area contributed by atoms with Crippen LogP contribution in [0.3, 0.4) is 0 Å². The molecule has 5 heteroatoms. The van der Waals surface area contributed by atoms with Crippen molar-refractivity contribution in [1.29, 1.82) is 0 Å². The highest BCUT2D eigenvalue weighted by Gasteiger charge is 2.08. The third kappa shape index (κ3) is 2.04. The fourth-order valence-corrected chi connectivity index (χ4v) is 1.34. The summed E-state index contributed by atoms with van der Waals surface area (Å²) in [5.41, 5.74) is 6.01. The molecule has 0 bridgehead atoms. The molecule has 3 nitrogen and oxygen atoms in total. The Labute approximate surface area is 91.0 Å². The van der Waals surface area contributed by atoms with E-state index in [2.05, 4.69) is 9.97 Å². The summed E-state index contributed by atoms with van der Waals surface area (Å²) < 4.78 is 26.2. The molecule has 2 aromatic rings.